The van der Waals surface area contributed by atoms with Gasteiger partial charge in [-0.2, -0.15) is 0 Å². The highest BCUT2D eigenvalue weighted by molar-refractivity contribution is 6.21. The molecule has 1 nitrogen and oxygen atoms in total. The highest BCUT2D eigenvalue weighted by atomic mass is 35.5. The van der Waals surface area contributed by atoms with Crippen molar-refractivity contribution < 1.29 is 9.13 Å². The van der Waals surface area contributed by atoms with Gasteiger partial charge in [0.25, 0.3) is 0 Å². The molecular weight excluding hydrogens is 263 g/mol. The molecule has 0 spiro atoms. The van der Waals surface area contributed by atoms with Gasteiger partial charge in [0, 0.05) is 5.56 Å². The summed E-state index contributed by atoms with van der Waals surface area (Å²) < 4.78 is 18.9. The second-order valence-electron chi connectivity index (χ2n) is 4.55. The minimum Gasteiger partial charge on any atom is -0.497 e. The quantitative estimate of drug-likeness (QED) is 0.739. The largest absolute Gasteiger partial charge is 0.497 e. The smallest absolute Gasteiger partial charge is 0.127 e. The molecular formula is C16H16ClFO. The minimum atomic E-state index is -0.382. The molecule has 100 valence electrons. The van der Waals surface area contributed by atoms with Gasteiger partial charge in [0.2, 0.25) is 0 Å². The van der Waals surface area contributed by atoms with Gasteiger partial charge in [-0.05, 0) is 37.1 Å². The molecule has 0 amide bonds. The number of methoxy groups -OCH3 is 1. The molecule has 0 aromatic heterocycles. The standard InChI is InChI=1S/C16H16ClFO/c1-11-6-7-16(18)14(8-11)15(17)10-12-4-3-5-13(9-12)19-2/h3-9,15H,10H2,1-2H3. The molecule has 0 heterocycles. The Hall–Kier alpha value is -1.54. The lowest BCUT2D eigenvalue weighted by atomic mass is 10.0. The monoisotopic (exact) mass is 278 g/mol. The van der Waals surface area contributed by atoms with E-state index in [-0.39, 0.29) is 11.2 Å². The summed E-state index contributed by atoms with van der Waals surface area (Å²) in [5.74, 6) is 0.527. The van der Waals surface area contributed by atoms with Gasteiger partial charge in [0.15, 0.2) is 0 Å². The second-order valence-corrected chi connectivity index (χ2v) is 5.07. The van der Waals surface area contributed by atoms with Crippen molar-refractivity contribution in [3.05, 3.63) is 65.0 Å². The summed E-state index contributed by atoms with van der Waals surface area (Å²) in [4.78, 5) is 0. The van der Waals surface area contributed by atoms with E-state index >= 15 is 0 Å². The summed E-state index contributed by atoms with van der Waals surface area (Å²) in [6.07, 6.45) is 0.569. The van der Waals surface area contributed by atoms with E-state index in [9.17, 15) is 4.39 Å². The molecule has 0 saturated carbocycles. The Morgan fingerprint density at radius 2 is 2.00 bits per heavy atom. The predicted molar refractivity (Wildman–Crippen MR) is 76.4 cm³/mol. The highest BCUT2D eigenvalue weighted by Gasteiger charge is 2.14. The lowest BCUT2D eigenvalue weighted by molar-refractivity contribution is 0.414. The molecule has 19 heavy (non-hydrogen) atoms. The fraction of sp³-hybridized carbons (Fsp3) is 0.250. The van der Waals surface area contributed by atoms with Crippen LogP contribution in [0.1, 0.15) is 22.1 Å². The summed E-state index contributed by atoms with van der Waals surface area (Å²) in [6.45, 7) is 1.93. The van der Waals surface area contributed by atoms with Gasteiger partial charge in [0.05, 0.1) is 12.5 Å². The van der Waals surface area contributed by atoms with E-state index in [1.54, 1.807) is 19.2 Å². The molecule has 3 heteroatoms. The Morgan fingerprint density at radius 3 is 2.74 bits per heavy atom. The van der Waals surface area contributed by atoms with Crippen LogP contribution in [0.3, 0.4) is 0 Å². The maximum atomic E-state index is 13.8. The van der Waals surface area contributed by atoms with Gasteiger partial charge < -0.3 is 4.74 Å². The first-order chi connectivity index (χ1) is 9.10. The van der Waals surface area contributed by atoms with Gasteiger partial charge >= 0.3 is 0 Å². The van der Waals surface area contributed by atoms with Crippen LogP contribution >= 0.6 is 11.6 Å². The van der Waals surface area contributed by atoms with Crippen molar-refractivity contribution in [3.8, 4) is 5.75 Å². The van der Waals surface area contributed by atoms with Crippen LogP contribution in [0.5, 0.6) is 5.75 Å². The Bertz CT molecular complexity index is 568. The highest BCUT2D eigenvalue weighted by Crippen LogP contribution is 2.29. The Kier molecular flexibility index (Phi) is 4.43. The number of alkyl halides is 1. The Labute approximate surface area is 118 Å². The van der Waals surface area contributed by atoms with E-state index in [0.717, 1.165) is 16.9 Å². The summed E-state index contributed by atoms with van der Waals surface area (Å²) in [7, 11) is 1.62. The van der Waals surface area contributed by atoms with Crippen molar-refractivity contribution in [2.75, 3.05) is 7.11 Å². The Balaban J connectivity index is 2.20. The Morgan fingerprint density at radius 1 is 1.21 bits per heavy atom. The van der Waals surface area contributed by atoms with E-state index in [1.807, 2.05) is 31.2 Å². The zero-order valence-electron chi connectivity index (χ0n) is 11.0. The number of halogens is 2. The van der Waals surface area contributed by atoms with Gasteiger partial charge in [-0.1, -0.05) is 29.8 Å². The lowest BCUT2D eigenvalue weighted by Crippen LogP contribution is -2.00. The van der Waals surface area contributed by atoms with E-state index in [4.69, 9.17) is 16.3 Å². The normalized spacial score (nSPS) is 12.2. The molecule has 0 aliphatic heterocycles. The molecule has 1 unspecified atom stereocenters. The molecule has 2 aromatic carbocycles. The molecule has 2 aromatic rings. The molecule has 0 fully saturated rings. The second kappa shape index (κ2) is 6.07. The van der Waals surface area contributed by atoms with Crippen molar-refractivity contribution in [3.63, 3.8) is 0 Å². The maximum absolute atomic E-state index is 13.8. The van der Waals surface area contributed by atoms with Gasteiger partial charge in [0.1, 0.15) is 11.6 Å². The topological polar surface area (TPSA) is 9.23 Å². The maximum Gasteiger partial charge on any atom is 0.127 e. The van der Waals surface area contributed by atoms with Crippen LogP contribution in [0.2, 0.25) is 0 Å². The van der Waals surface area contributed by atoms with Crippen molar-refractivity contribution >= 4 is 11.6 Å². The first-order valence-corrected chi connectivity index (χ1v) is 6.57. The zero-order valence-corrected chi connectivity index (χ0v) is 11.7. The number of ether oxygens (including phenoxy) is 1. The fourth-order valence-electron chi connectivity index (χ4n) is 2.02. The molecule has 1 atom stereocenters. The van der Waals surface area contributed by atoms with Crippen molar-refractivity contribution in [1.82, 2.24) is 0 Å². The van der Waals surface area contributed by atoms with Crippen molar-refractivity contribution in [2.45, 2.75) is 18.7 Å². The van der Waals surface area contributed by atoms with Crippen LogP contribution < -0.4 is 4.74 Å². The van der Waals surface area contributed by atoms with Crippen molar-refractivity contribution in [2.24, 2.45) is 0 Å². The van der Waals surface area contributed by atoms with E-state index in [2.05, 4.69) is 0 Å². The van der Waals surface area contributed by atoms with Crippen LogP contribution in [0.25, 0.3) is 0 Å². The number of hydrogen-bond acceptors (Lipinski definition) is 1. The van der Waals surface area contributed by atoms with Crippen molar-refractivity contribution in [1.29, 1.82) is 0 Å². The number of rotatable bonds is 4. The van der Waals surface area contributed by atoms with Gasteiger partial charge in [-0.15, -0.1) is 11.6 Å². The molecule has 0 saturated heterocycles. The molecule has 0 aliphatic carbocycles. The summed E-state index contributed by atoms with van der Waals surface area (Å²) >= 11 is 6.33. The predicted octanol–water partition coefficient (Wildman–Crippen LogP) is 4.67. The minimum absolute atomic E-state index is 0.256. The SMILES string of the molecule is COc1cccc(CC(Cl)c2cc(C)ccc2F)c1. The van der Waals surface area contributed by atoms with Crippen LogP contribution in [0.4, 0.5) is 4.39 Å². The first-order valence-electron chi connectivity index (χ1n) is 6.13. The number of hydrogen-bond donors (Lipinski definition) is 0. The summed E-state index contributed by atoms with van der Waals surface area (Å²) in [6, 6.07) is 12.7. The van der Waals surface area contributed by atoms with Crippen LogP contribution in [0.15, 0.2) is 42.5 Å². The third-order valence-electron chi connectivity index (χ3n) is 3.04. The zero-order chi connectivity index (χ0) is 13.8. The summed E-state index contributed by atoms with van der Waals surface area (Å²) in [5, 5.41) is -0.382. The van der Waals surface area contributed by atoms with Gasteiger partial charge in [-0.3, -0.25) is 0 Å². The molecule has 0 N–H and O–H groups in total. The lowest BCUT2D eigenvalue weighted by Gasteiger charge is -2.12. The molecule has 0 radical (unpaired) electrons. The van der Waals surface area contributed by atoms with E-state index in [0.29, 0.717) is 12.0 Å². The van der Waals surface area contributed by atoms with Gasteiger partial charge in [-0.25, -0.2) is 4.39 Å². The fourth-order valence-corrected chi connectivity index (χ4v) is 2.36. The molecule has 2 rings (SSSR count). The van der Waals surface area contributed by atoms with Crippen LogP contribution in [-0.4, -0.2) is 7.11 Å². The third kappa shape index (κ3) is 3.48. The summed E-state index contributed by atoms with van der Waals surface area (Å²) in [5.41, 5.74) is 2.58. The van der Waals surface area contributed by atoms with Crippen LogP contribution in [0, 0.1) is 12.7 Å². The van der Waals surface area contributed by atoms with E-state index in [1.165, 1.54) is 6.07 Å². The average Bonchev–Trinajstić information content (AvgIpc) is 2.41. The van der Waals surface area contributed by atoms with Crippen LogP contribution in [-0.2, 0) is 6.42 Å². The average molecular weight is 279 g/mol. The first kappa shape index (κ1) is 13.9. The van der Waals surface area contributed by atoms with E-state index < -0.39 is 0 Å². The number of aryl methyl sites for hydroxylation is 1. The molecule has 0 aliphatic rings. The number of benzene rings is 2. The molecule has 0 bridgehead atoms. The third-order valence-corrected chi connectivity index (χ3v) is 3.43.